The fraction of sp³-hybridized carbons (Fsp3) is 0.500. The summed E-state index contributed by atoms with van der Waals surface area (Å²) in [7, 11) is 0. The second-order valence-electron chi connectivity index (χ2n) is 7.44. The second kappa shape index (κ2) is 6.46. The maximum atomic E-state index is 13.7. The fourth-order valence-corrected chi connectivity index (χ4v) is 2.94. The number of rotatable bonds is 2. The first-order valence-electron chi connectivity index (χ1n) is 8.38. The van der Waals surface area contributed by atoms with Crippen LogP contribution in [0.3, 0.4) is 0 Å². The summed E-state index contributed by atoms with van der Waals surface area (Å²) in [6, 6.07) is 4.57. The van der Waals surface area contributed by atoms with Gasteiger partial charge in [-0.25, -0.2) is 4.39 Å². The van der Waals surface area contributed by atoms with Gasteiger partial charge in [0.1, 0.15) is 5.82 Å². The number of halogens is 1. The number of carbonyl (C=O) groups is 1. The third kappa shape index (κ3) is 3.81. The van der Waals surface area contributed by atoms with Gasteiger partial charge in [-0.1, -0.05) is 26.8 Å². The first-order valence-corrected chi connectivity index (χ1v) is 8.38. The largest absolute Gasteiger partial charge is 0.345 e. The van der Waals surface area contributed by atoms with Crippen LogP contribution in [0.2, 0.25) is 0 Å². The molecule has 1 unspecified atom stereocenters. The Morgan fingerprint density at radius 3 is 2.80 bits per heavy atom. The number of hydrogen-bond acceptors (Lipinski definition) is 5. The molecule has 1 aromatic heterocycles. The molecule has 6 nitrogen and oxygen atoms in total. The Labute approximate surface area is 146 Å². The van der Waals surface area contributed by atoms with Crippen LogP contribution >= 0.6 is 0 Å². The molecule has 1 aromatic carbocycles. The Balaban J connectivity index is 1.89. The summed E-state index contributed by atoms with van der Waals surface area (Å²) in [6.07, 6.45) is 0.678. The topological polar surface area (TPSA) is 71.3 Å². The van der Waals surface area contributed by atoms with Gasteiger partial charge in [0.15, 0.2) is 0 Å². The van der Waals surface area contributed by atoms with Crippen molar-refractivity contribution in [2.24, 2.45) is 0 Å². The molecule has 7 heteroatoms. The SMILES string of the molecule is CC(=O)N1CCC(Nc2noc(C(C)(C)C)n2)c2ccc(F)cc2C1. The molecule has 0 radical (unpaired) electrons. The Morgan fingerprint density at radius 1 is 1.40 bits per heavy atom. The minimum atomic E-state index is -0.308. The number of anilines is 1. The number of aromatic nitrogens is 2. The van der Waals surface area contributed by atoms with Gasteiger partial charge in [-0.2, -0.15) is 4.98 Å². The van der Waals surface area contributed by atoms with Gasteiger partial charge in [0.2, 0.25) is 11.8 Å². The molecule has 1 atom stereocenters. The van der Waals surface area contributed by atoms with E-state index in [-0.39, 0.29) is 23.2 Å². The lowest BCUT2D eigenvalue weighted by molar-refractivity contribution is -0.129. The molecular weight excluding hydrogens is 323 g/mol. The molecular formula is C18H23FN4O2. The maximum Gasteiger partial charge on any atom is 0.263 e. The third-order valence-electron chi connectivity index (χ3n) is 4.35. The van der Waals surface area contributed by atoms with Crippen molar-refractivity contribution in [2.45, 2.75) is 52.1 Å². The zero-order valence-electron chi connectivity index (χ0n) is 15.0. The lowest BCUT2D eigenvalue weighted by Gasteiger charge is -2.18. The number of fused-ring (bicyclic) bond motifs is 1. The highest BCUT2D eigenvalue weighted by Gasteiger charge is 2.27. The Morgan fingerprint density at radius 2 is 2.16 bits per heavy atom. The van der Waals surface area contributed by atoms with Crippen molar-refractivity contribution in [3.8, 4) is 0 Å². The van der Waals surface area contributed by atoms with Crippen molar-refractivity contribution < 1.29 is 13.7 Å². The van der Waals surface area contributed by atoms with Gasteiger partial charge in [0.05, 0.1) is 6.04 Å². The molecule has 134 valence electrons. The highest BCUT2D eigenvalue weighted by molar-refractivity contribution is 5.73. The number of nitrogens with zero attached hydrogens (tertiary/aromatic N) is 3. The molecule has 1 aliphatic rings. The number of amides is 1. The van der Waals surface area contributed by atoms with Crippen LogP contribution in [-0.2, 0) is 16.8 Å². The van der Waals surface area contributed by atoms with Gasteiger partial charge in [-0.15, -0.1) is 0 Å². The number of hydrogen-bond donors (Lipinski definition) is 1. The zero-order chi connectivity index (χ0) is 18.2. The van der Waals surface area contributed by atoms with E-state index in [1.54, 1.807) is 11.0 Å². The molecule has 0 saturated heterocycles. The van der Waals surface area contributed by atoms with Crippen LogP contribution in [0.4, 0.5) is 10.3 Å². The normalized spacial score (nSPS) is 17.8. The lowest BCUT2D eigenvalue weighted by Crippen LogP contribution is -2.28. The van der Waals surface area contributed by atoms with Crippen LogP contribution in [0, 0.1) is 5.82 Å². The van der Waals surface area contributed by atoms with Crippen LogP contribution in [0.1, 0.15) is 57.2 Å². The molecule has 0 spiro atoms. The summed E-state index contributed by atoms with van der Waals surface area (Å²) in [4.78, 5) is 17.9. The zero-order valence-corrected chi connectivity index (χ0v) is 15.0. The van der Waals surface area contributed by atoms with Gasteiger partial charge in [0, 0.05) is 25.4 Å². The molecule has 0 saturated carbocycles. The highest BCUT2D eigenvalue weighted by atomic mass is 19.1. The van der Waals surface area contributed by atoms with Gasteiger partial charge in [-0.05, 0) is 34.8 Å². The Hall–Kier alpha value is -2.44. The minimum absolute atomic E-state index is 0.0227. The fourth-order valence-electron chi connectivity index (χ4n) is 2.94. The van der Waals surface area contributed by atoms with Crippen LogP contribution in [-0.4, -0.2) is 27.5 Å². The molecule has 2 heterocycles. The Kier molecular flexibility index (Phi) is 4.49. The molecule has 1 amide bonds. The van der Waals surface area contributed by atoms with Crippen molar-refractivity contribution in [3.63, 3.8) is 0 Å². The van der Waals surface area contributed by atoms with E-state index in [4.69, 9.17) is 4.52 Å². The monoisotopic (exact) mass is 346 g/mol. The average Bonchev–Trinajstić information content (AvgIpc) is 2.91. The third-order valence-corrected chi connectivity index (χ3v) is 4.35. The molecule has 3 rings (SSSR count). The van der Waals surface area contributed by atoms with Crippen LogP contribution < -0.4 is 5.32 Å². The predicted molar refractivity (Wildman–Crippen MR) is 91.5 cm³/mol. The highest BCUT2D eigenvalue weighted by Crippen LogP contribution is 2.30. The van der Waals surface area contributed by atoms with Crippen LogP contribution in [0.25, 0.3) is 0 Å². The average molecular weight is 346 g/mol. The van der Waals surface area contributed by atoms with Crippen molar-refractivity contribution in [2.75, 3.05) is 11.9 Å². The number of carbonyl (C=O) groups excluding carboxylic acids is 1. The lowest BCUT2D eigenvalue weighted by atomic mass is 9.97. The quantitative estimate of drug-likeness (QED) is 0.902. The van der Waals surface area contributed by atoms with E-state index in [1.165, 1.54) is 19.1 Å². The van der Waals surface area contributed by atoms with Crippen molar-refractivity contribution in [3.05, 3.63) is 41.0 Å². The molecule has 2 aromatic rings. The predicted octanol–water partition coefficient (Wildman–Crippen LogP) is 3.41. The standard InChI is InChI=1S/C18H23FN4O2/c1-11(24)23-8-7-15(14-6-5-13(19)9-12(14)10-23)20-17-21-16(25-22-17)18(2,3)4/h5-6,9,15H,7-8,10H2,1-4H3,(H,20,22). The van der Waals surface area contributed by atoms with Gasteiger partial charge < -0.3 is 14.7 Å². The van der Waals surface area contributed by atoms with Gasteiger partial charge in [0.25, 0.3) is 5.95 Å². The second-order valence-corrected chi connectivity index (χ2v) is 7.44. The van der Waals surface area contributed by atoms with E-state index in [2.05, 4.69) is 15.5 Å². The van der Waals surface area contributed by atoms with E-state index in [9.17, 15) is 9.18 Å². The van der Waals surface area contributed by atoms with Crippen molar-refractivity contribution >= 4 is 11.9 Å². The van der Waals surface area contributed by atoms with Gasteiger partial charge in [-0.3, -0.25) is 4.79 Å². The molecule has 0 aliphatic carbocycles. The van der Waals surface area contributed by atoms with E-state index in [0.29, 0.717) is 31.3 Å². The molecule has 25 heavy (non-hydrogen) atoms. The van der Waals surface area contributed by atoms with E-state index < -0.39 is 0 Å². The van der Waals surface area contributed by atoms with Crippen molar-refractivity contribution in [1.82, 2.24) is 15.0 Å². The van der Waals surface area contributed by atoms with E-state index in [0.717, 1.165) is 11.1 Å². The molecule has 0 fully saturated rings. The summed E-state index contributed by atoms with van der Waals surface area (Å²) < 4.78 is 19.0. The summed E-state index contributed by atoms with van der Waals surface area (Å²) in [5.41, 5.74) is 1.51. The van der Waals surface area contributed by atoms with Crippen molar-refractivity contribution in [1.29, 1.82) is 0 Å². The summed E-state index contributed by atoms with van der Waals surface area (Å²) in [5, 5.41) is 7.27. The number of benzene rings is 1. The molecule has 1 N–H and O–H groups in total. The first kappa shape index (κ1) is 17.4. The maximum absolute atomic E-state index is 13.7. The summed E-state index contributed by atoms with van der Waals surface area (Å²) in [6.45, 7) is 8.51. The number of nitrogens with one attached hydrogen (secondary N) is 1. The Bertz CT molecular complexity index is 782. The minimum Gasteiger partial charge on any atom is -0.345 e. The van der Waals surface area contributed by atoms with E-state index >= 15 is 0 Å². The molecule has 1 aliphatic heterocycles. The van der Waals surface area contributed by atoms with Crippen LogP contribution in [0.15, 0.2) is 22.7 Å². The molecule has 0 bridgehead atoms. The van der Waals surface area contributed by atoms with Gasteiger partial charge >= 0.3 is 0 Å². The first-order chi connectivity index (χ1) is 11.7. The van der Waals surface area contributed by atoms with E-state index in [1.807, 2.05) is 20.8 Å². The smallest absolute Gasteiger partial charge is 0.263 e. The summed E-state index contributed by atoms with van der Waals surface area (Å²) >= 11 is 0. The summed E-state index contributed by atoms with van der Waals surface area (Å²) in [5.74, 6) is 0.623. The van der Waals surface area contributed by atoms with Crippen LogP contribution in [0.5, 0.6) is 0 Å².